The molecule has 0 saturated heterocycles. The summed E-state index contributed by atoms with van der Waals surface area (Å²) in [6.45, 7) is 0.375. The van der Waals surface area contributed by atoms with Gasteiger partial charge in [-0.3, -0.25) is 0 Å². The van der Waals surface area contributed by atoms with Gasteiger partial charge in [0.1, 0.15) is 18.2 Å². The molecule has 136 valence electrons. The third-order valence-electron chi connectivity index (χ3n) is 3.63. The Morgan fingerprint density at radius 2 is 1.78 bits per heavy atom. The minimum Gasteiger partial charge on any atom is -0.489 e. The molecule has 3 aromatic carbocycles. The number of para-hydroxylation sites is 1. The zero-order valence-corrected chi connectivity index (χ0v) is 15.3. The van der Waals surface area contributed by atoms with Gasteiger partial charge in [-0.25, -0.2) is 4.39 Å². The van der Waals surface area contributed by atoms with Crippen LogP contribution in [0.3, 0.4) is 0 Å². The quantitative estimate of drug-likeness (QED) is 0.350. The highest BCUT2D eigenvalue weighted by Gasteiger charge is 2.01. The predicted octanol–water partition coefficient (Wildman–Crippen LogP) is 2.81. The smallest absolute Gasteiger partial charge is 0.228 e. The normalized spacial score (nSPS) is 10.6. The summed E-state index contributed by atoms with van der Waals surface area (Å²) in [5, 5.41) is 6.48. The third kappa shape index (κ3) is 6.20. The number of hydrogen-bond acceptors (Lipinski definition) is 2. The Morgan fingerprint density at radius 3 is 2.56 bits per heavy atom. The molecular weight excluding hydrogens is 361 g/mol. The van der Waals surface area contributed by atoms with Crippen LogP contribution in [0.2, 0.25) is 0 Å². The van der Waals surface area contributed by atoms with E-state index in [9.17, 15) is 4.39 Å². The number of hydrogen-bond donors (Lipinski definition) is 3. The molecule has 4 nitrogen and oxygen atoms in total. The van der Waals surface area contributed by atoms with Gasteiger partial charge in [0.25, 0.3) is 0 Å². The lowest BCUT2D eigenvalue weighted by atomic mass is 10.2. The summed E-state index contributed by atoms with van der Waals surface area (Å²) in [5.41, 5.74) is 5.63. The van der Waals surface area contributed by atoms with Crippen LogP contribution < -0.4 is 20.6 Å². The first-order chi connectivity index (χ1) is 13.2. The minimum atomic E-state index is -0.256. The number of halogens is 1. The van der Waals surface area contributed by atoms with Gasteiger partial charge in [-0.2, -0.15) is 0 Å². The molecule has 0 aliphatic rings. The Hall–Kier alpha value is -3.25. The third-order valence-corrected chi connectivity index (χ3v) is 3.84. The Bertz CT molecular complexity index is 914. The number of anilines is 1. The lowest BCUT2D eigenvalue weighted by molar-refractivity contribution is -0.499. The van der Waals surface area contributed by atoms with Gasteiger partial charge in [0, 0.05) is 11.3 Å². The molecule has 3 N–H and O–H groups in total. The summed E-state index contributed by atoms with van der Waals surface area (Å²) in [6, 6.07) is 23.5. The van der Waals surface area contributed by atoms with Crippen LogP contribution >= 0.6 is 12.2 Å². The van der Waals surface area contributed by atoms with E-state index in [1.807, 2.05) is 54.6 Å². The highest BCUT2D eigenvalue weighted by molar-refractivity contribution is 7.80. The molecule has 0 heterocycles. The second kappa shape index (κ2) is 9.45. The van der Waals surface area contributed by atoms with Crippen LogP contribution in [-0.2, 0) is 6.61 Å². The van der Waals surface area contributed by atoms with Crippen molar-refractivity contribution in [3.63, 3.8) is 0 Å². The van der Waals surface area contributed by atoms with Crippen molar-refractivity contribution in [3.8, 4) is 5.75 Å². The van der Waals surface area contributed by atoms with Gasteiger partial charge in [-0.05, 0) is 60.2 Å². The maximum Gasteiger partial charge on any atom is 0.228 e. The number of thiocarbonyl (C=S) groups is 1. The van der Waals surface area contributed by atoms with Crippen LogP contribution in [0, 0.1) is 5.82 Å². The van der Waals surface area contributed by atoms with Gasteiger partial charge in [0.05, 0.1) is 0 Å². The molecule has 0 spiro atoms. The standard InChI is InChI=1S/C21H18FN3OS/c22-18-11-9-16(10-12-18)15-26-20-8-4-5-17(13-20)14-23-25-21(27)24-19-6-2-1-3-7-19/h1-14H,15H2,(H2,24,25,27)/p+1. The lowest BCUT2D eigenvalue weighted by Gasteiger charge is -2.06. The van der Waals surface area contributed by atoms with Crippen molar-refractivity contribution < 1.29 is 14.2 Å². The van der Waals surface area contributed by atoms with Crippen LogP contribution in [0.25, 0.3) is 0 Å². The number of hydrazine groups is 1. The largest absolute Gasteiger partial charge is 0.489 e. The average molecular weight is 380 g/mol. The molecule has 0 aromatic heterocycles. The zero-order valence-electron chi connectivity index (χ0n) is 14.5. The van der Waals surface area contributed by atoms with Gasteiger partial charge in [0.2, 0.25) is 5.11 Å². The fourth-order valence-electron chi connectivity index (χ4n) is 2.31. The number of ether oxygens (including phenoxy) is 1. The topological polar surface area (TPSA) is 47.3 Å². The fourth-order valence-corrected chi connectivity index (χ4v) is 2.49. The Balaban J connectivity index is 1.51. The summed E-state index contributed by atoms with van der Waals surface area (Å²) in [7, 11) is 0. The molecule has 3 rings (SSSR count). The van der Waals surface area contributed by atoms with Gasteiger partial charge in [-0.1, -0.05) is 36.4 Å². The van der Waals surface area contributed by atoms with Crippen molar-refractivity contribution in [1.82, 2.24) is 5.43 Å². The van der Waals surface area contributed by atoms with E-state index in [4.69, 9.17) is 17.0 Å². The van der Waals surface area contributed by atoms with Gasteiger partial charge < -0.3 is 10.1 Å². The molecule has 3 aromatic rings. The SMILES string of the molecule is Fc1ccc(COc2cccc(C=[NH+]NC(=S)Nc3ccccc3)c2)cc1. The number of hydrazone groups is 1. The summed E-state index contributed by atoms with van der Waals surface area (Å²) in [5.74, 6) is 0.466. The number of benzene rings is 3. The van der Waals surface area contributed by atoms with Gasteiger partial charge >= 0.3 is 0 Å². The first-order valence-electron chi connectivity index (χ1n) is 8.37. The minimum absolute atomic E-state index is 0.256. The number of nitrogens with one attached hydrogen (secondary N) is 3. The molecule has 0 bridgehead atoms. The highest BCUT2D eigenvalue weighted by Crippen LogP contribution is 2.14. The van der Waals surface area contributed by atoms with Crippen molar-refractivity contribution in [2.45, 2.75) is 6.61 Å². The highest BCUT2D eigenvalue weighted by atomic mass is 32.1. The van der Waals surface area contributed by atoms with Crippen molar-refractivity contribution in [2.75, 3.05) is 5.32 Å². The number of rotatable bonds is 6. The summed E-state index contributed by atoms with van der Waals surface area (Å²) < 4.78 is 18.7. The molecular formula is C21H19FN3OS+. The Labute approximate surface area is 162 Å². The van der Waals surface area contributed by atoms with E-state index in [1.54, 1.807) is 18.3 Å². The molecule has 0 aliphatic heterocycles. The molecule has 0 aliphatic carbocycles. The first kappa shape index (κ1) is 18.5. The molecule has 0 fully saturated rings. The van der Waals surface area contributed by atoms with Gasteiger partial charge in [-0.15, -0.1) is 10.5 Å². The lowest BCUT2D eigenvalue weighted by Crippen LogP contribution is -2.82. The molecule has 27 heavy (non-hydrogen) atoms. The van der Waals surface area contributed by atoms with E-state index in [0.717, 1.165) is 22.6 Å². The van der Waals surface area contributed by atoms with Gasteiger partial charge in [0.15, 0.2) is 6.21 Å². The predicted molar refractivity (Wildman–Crippen MR) is 109 cm³/mol. The molecule has 0 unspecified atom stereocenters. The maximum absolute atomic E-state index is 12.9. The molecule has 0 atom stereocenters. The molecule has 0 saturated carbocycles. The van der Waals surface area contributed by atoms with E-state index in [-0.39, 0.29) is 5.82 Å². The van der Waals surface area contributed by atoms with Crippen molar-refractivity contribution in [3.05, 3.63) is 95.8 Å². The van der Waals surface area contributed by atoms with E-state index in [0.29, 0.717) is 11.7 Å². The van der Waals surface area contributed by atoms with E-state index >= 15 is 0 Å². The summed E-state index contributed by atoms with van der Waals surface area (Å²) in [6.07, 6.45) is 1.78. The van der Waals surface area contributed by atoms with Crippen molar-refractivity contribution in [1.29, 1.82) is 0 Å². The van der Waals surface area contributed by atoms with E-state index < -0.39 is 0 Å². The average Bonchev–Trinajstić information content (AvgIpc) is 2.69. The second-order valence-corrected chi connectivity index (χ2v) is 6.13. The van der Waals surface area contributed by atoms with Crippen LogP contribution in [0.1, 0.15) is 11.1 Å². The van der Waals surface area contributed by atoms with E-state index in [1.165, 1.54) is 12.1 Å². The second-order valence-electron chi connectivity index (χ2n) is 5.72. The molecule has 6 heteroatoms. The van der Waals surface area contributed by atoms with E-state index in [2.05, 4.69) is 15.8 Å². The monoisotopic (exact) mass is 380 g/mol. The van der Waals surface area contributed by atoms with Crippen LogP contribution in [0.4, 0.5) is 10.1 Å². The Morgan fingerprint density at radius 1 is 1.00 bits per heavy atom. The summed E-state index contributed by atoms with van der Waals surface area (Å²) in [4.78, 5) is 0. The maximum atomic E-state index is 12.9. The van der Waals surface area contributed by atoms with Crippen LogP contribution in [0.15, 0.2) is 78.9 Å². The van der Waals surface area contributed by atoms with Crippen LogP contribution in [-0.4, -0.2) is 11.3 Å². The van der Waals surface area contributed by atoms with Crippen LogP contribution in [0.5, 0.6) is 5.75 Å². The van der Waals surface area contributed by atoms with Crippen molar-refractivity contribution in [2.24, 2.45) is 0 Å². The zero-order chi connectivity index (χ0) is 18.9. The molecule has 0 amide bonds. The fraction of sp³-hybridized carbons (Fsp3) is 0.0476. The Kier molecular flexibility index (Phi) is 6.49. The first-order valence-corrected chi connectivity index (χ1v) is 8.78. The summed E-state index contributed by atoms with van der Waals surface area (Å²) >= 11 is 5.23. The van der Waals surface area contributed by atoms with Crippen molar-refractivity contribution >= 4 is 29.2 Å². The molecule has 0 radical (unpaired) electrons.